The summed E-state index contributed by atoms with van der Waals surface area (Å²) < 4.78 is 15.1. The number of halogens is 3. The van der Waals surface area contributed by atoms with Gasteiger partial charge in [0.05, 0.1) is 27.8 Å². The molecule has 6 rings (SSSR count). The zero-order valence-electron chi connectivity index (χ0n) is 18.2. The van der Waals surface area contributed by atoms with Crippen molar-refractivity contribution >= 4 is 57.1 Å². The van der Waals surface area contributed by atoms with Crippen molar-refractivity contribution in [2.75, 3.05) is 5.01 Å². The number of thiophene rings is 1. The molecule has 8 heteroatoms. The van der Waals surface area contributed by atoms with Crippen molar-refractivity contribution in [2.45, 2.75) is 12.5 Å². The first-order valence-electron chi connectivity index (χ1n) is 11.0. The Labute approximate surface area is 215 Å². The zero-order valence-corrected chi connectivity index (χ0v) is 20.5. The van der Waals surface area contributed by atoms with Crippen molar-refractivity contribution in [2.24, 2.45) is 5.10 Å². The van der Waals surface area contributed by atoms with Crippen molar-refractivity contribution in [3.63, 3.8) is 0 Å². The van der Waals surface area contributed by atoms with E-state index in [0.29, 0.717) is 28.0 Å². The molecule has 3 heterocycles. The Morgan fingerprint density at radius 3 is 2.49 bits per heavy atom. The van der Waals surface area contributed by atoms with E-state index in [4.69, 9.17) is 38.3 Å². The standard InChI is InChI=1S/C27H17Cl2FN4S/c28-17-12-10-16(11-13-17)26-18-5-1-2-8-21(18)31-27(32-26)34-23(25-19(29)6-3-7-20(25)30)15-22(33-34)24-9-4-14-35-24/h1-14,23H,15H2/t23-/m1/s1. The lowest BCUT2D eigenvalue weighted by molar-refractivity contribution is 0.576. The summed E-state index contributed by atoms with van der Waals surface area (Å²) in [7, 11) is 0. The third-order valence-electron chi connectivity index (χ3n) is 5.96. The molecule has 5 aromatic rings. The highest BCUT2D eigenvalue weighted by molar-refractivity contribution is 7.12. The summed E-state index contributed by atoms with van der Waals surface area (Å²) in [6.45, 7) is 0. The number of para-hydroxylation sites is 1. The highest BCUT2D eigenvalue weighted by atomic mass is 35.5. The molecule has 0 fully saturated rings. The van der Waals surface area contributed by atoms with Gasteiger partial charge in [0, 0.05) is 33.0 Å². The average Bonchev–Trinajstić information content (AvgIpc) is 3.55. The Kier molecular flexibility index (Phi) is 5.72. The molecule has 0 amide bonds. The number of fused-ring (bicyclic) bond motifs is 1. The summed E-state index contributed by atoms with van der Waals surface area (Å²) in [6.07, 6.45) is 0.480. The number of aromatic nitrogens is 2. The SMILES string of the molecule is Fc1cccc(Cl)c1[C@H]1CC(c2cccs2)=NN1c1nc(-c2ccc(Cl)cc2)c2ccccc2n1. The van der Waals surface area contributed by atoms with Crippen LogP contribution < -0.4 is 5.01 Å². The van der Waals surface area contributed by atoms with E-state index in [0.717, 1.165) is 32.7 Å². The molecule has 0 N–H and O–H groups in total. The molecular formula is C27H17Cl2FN4S. The maximum absolute atomic E-state index is 15.1. The van der Waals surface area contributed by atoms with E-state index in [2.05, 4.69) is 0 Å². The van der Waals surface area contributed by atoms with Crippen LogP contribution in [0.3, 0.4) is 0 Å². The largest absolute Gasteiger partial charge is 0.247 e. The second-order valence-corrected chi connectivity index (χ2v) is 9.91. The molecule has 0 radical (unpaired) electrons. The number of anilines is 1. The van der Waals surface area contributed by atoms with Crippen molar-refractivity contribution < 1.29 is 4.39 Å². The molecule has 1 aliphatic heterocycles. The highest BCUT2D eigenvalue weighted by Gasteiger charge is 2.35. The van der Waals surface area contributed by atoms with Crippen LogP contribution in [0.2, 0.25) is 10.0 Å². The first-order chi connectivity index (χ1) is 17.1. The summed E-state index contributed by atoms with van der Waals surface area (Å²) in [6, 6.07) is 23.5. The molecule has 0 aliphatic carbocycles. The lowest BCUT2D eigenvalue weighted by Gasteiger charge is -2.24. The van der Waals surface area contributed by atoms with E-state index in [-0.39, 0.29) is 5.82 Å². The number of benzene rings is 3. The Balaban J connectivity index is 1.56. The van der Waals surface area contributed by atoms with Crippen LogP contribution in [0.15, 0.2) is 89.3 Å². The van der Waals surface area contributed by atoms with E-state index in [1.807, 2.05) is 66.0 Å². The molecule has 1 atom stereocenters. The first kappa shape index (κ1) is 22.2. The van der Waals surface area contributed by atoms with Gasteiger partial charge in [-0.05, 0) is 41.8 Å². The van der Waals surface area contributed by atoms with Crippen LogP contribution >= 0.6 is 34.5 Å². The molecule has 0 unspecified atom stereocenters. The van der Waals surface area contributed by atoms with E-state index in [1.54, 1.807) is 28.5 Å². The second-order valence-electron chi connectivity index (χ2n) is 8.12. The number of hydrogen-bond acceptors (Lipinski definition) is 5. The molecule has 35 heavy (non-hydrogen) atoms. The quantitative estimate of drug-likeness (QED) is 0.241. The molecule has 1 aliphatic rings. The third kappa shape index (κ3) is 4.08. The Morgan fingerprint density at radius 2 is 1.71 bits per heavy atom. The Hall–Kier alpha value is -3.32. The van der Waals surface area contributed by atoms with Crippen molar-refractivity contribution in [1.82, 2.24) is 9.97 Å². The molecule has 0 spiro atoms. The fourth-order valence-electron chi connectivity index (χ4n) is 4.33. The van der Waals surface area contributed by atoms with Gasteiger partial charge in [-0.25, -0.2) is 19.4 Å². The van der Waals surface area contributed by atoms with Crippen molar-refractivity contribution in [3.8, 4) is 11.3 Å². The van der Waals surface area contributed by atoms with Crippen LogP contribution in [-0.2, 0) is 0 Å². The monoisotopic (exact) mass is 518 g/mol. The van der Waals surface area contributed by atoms with E-state index < -0.39 is 6.04 Å². The minimum atomic E-state index is -0.486. The summed E-state index contributed by atoms with van der Waals surface area (Å²) in [5.41, 5.74) is 3.64. The molecule has 0 bridgehead atoms. The van der Waals surface area contributed by atoms with Gasteiger partial charge >= 0.3 is 0 Å². The minimum absolute atomic E-state index is 0.348. The average molecular weight is 519 g/mol. The van der Waals surface area contributed by atoms with Gasteiger partial charge in [-0.3, -0.25) is 0 Å². The highest BCUT2D eigenvalue weighted by Crippen LogP contribution is 2.41. The third-order valence-corrected chi connectivity index (χ3v) is 7.46. The molecule has 3 aromatic carbocycles. The Morgan fingerprint density at radius 1 is 0.886 bits per heavy atom. The predicted molar refractivity (Wildman–Crippen MR) is 142 cm³/mol. The first-order valence-corrected chi connectivity index (χ1v) is 12.6. The molecular weight excluding hydrogens is 502 g/mol. The number of hydrogen-bond donors (Lipinski definition) is 0. The van der Waals surface area contributed by atoms with E-state index in [9.17, 15) is 0 Å². The van der Waals surface area contributed by atoms with E-state index >= 15 is 4.39 Å². The van der Waals surface area contributed by atoms with Gasteiger partial charge in [0.1, 0.15) is 5.82 Å². The van der Waals surface area contributed by atoms with Gasteiger partial charge < -0.3 is 0 Å². The minimum Gasteiger partial charge on any atom is -0.223 e. The van der Waals surface area contributed by atoms with Gasteiger partial charge in [0.25, 0.3) is 0 Å². The van der Waals surface area contributed by atoms with Crippen LogP contribution in [0.5, 0.6) is 0 Å². The van der Waals surface area contributed by atoms with Crippen LogP contribution in [0, 0.1) is 5.82 Å². The van der Waals surface area contributed by atoms with Crippen LogP contribution in [0.1, 0.15) is 22.9 Å². The summed E-state index contributed by atoms with van der Waals surface area (Å²) >= 11 is 14.2. The fourth-order valence-corrected chi connectivity index (χ4v) is 5.47. The fraction of sp³-hybridized carbons (Fsp3) is 0.0741. The Bertz CT molecular complexity index is 1550. The molecule has 172 valence electrons. The number of rotatable bonds is 4. The predicted octanol–water partition coefficient (Wildman–Crippen LogP) is 8.16. The van der Waals surface area contributed by atoms with Gasteiger partial charge in [-0.1, -0.05) is 65.7 Å². The van der Waals surface area contributed by atoms with E-state index in [1.165, 1.54) is 6.07 Å². The number of hydrazone groups is 1. The summed E-state index contributed by atoms with van der Waals surface area (Å²) in [4.78, 5) is 10.8. The lowest BCUT2D eigenvalue weighted by Crippen LogP contribution is -2.22. The summed E-state index contributed by atoms with van der Waals surface area (Å²) in [5, 5.41) is 10.5. The topological polar surface area (TPSA) is 41.4 Å². The maximum atomic E-state index is 15.1. The van der Waals surface area contributed by atoms with Gasteiger partial charge in [-0.15, -0.1) is 11.3 Å². The molecule has 4 nitrogen and oxygen atoms in total. The zero-order chi connectivity index (χ0) is 23.9. The van der Waals surface area contributed by atoms with Gasteiger partial charge in [-0.2, -0.15) is 5.10 Å². The van der Waals surface area contributed by atoms with Crippen molar-refractivity contribution in [1.29, 1.82) is 0 Å². The van der Waals surface area contributed by atoms with Gasteiger partial charge in [0.2, 0.25) is 5.95 Å². The smallest absolute Gasteiger partial charge is 0.223 e. The second kappa shape index (κ2) is 9.04. The normalized spacial score (nSPS) is 15.6. The van der Waals surface area contributed by atoms with Crippen LogP contribution in [0.4, 0.5) is 10.3 Å². The molecule has 2 aromatic heterocycles. The van der Waals surface area contributed by atoms with Crippen molar-refractivity contribution in [3.05, 3.63) is 111 Å². The maximum Gasteiger partial charge on any atom is 0.247 e. The number of nitrogens with zero attached hydrogens (tertiary/aromatic N) is 4. The van der Waals surface area contributed by atoms with Crippen LogP contribution in [-0.4, -0.2) is 15.7 Å². The van der Waals surface area contributed by atoms with Crippen LogP contribution in [0.25, 0.3) is 22.2 Å². The molecule has 0 saturated heterocycles. The summed E-state index contributed by atoms with van der Waals surface area (Å²) in [5.74, 6) is -0.00151. The van der Waals surface area contributed by atoms with Gasteiger partial charge in [0.15, 0.2) is 0 Å². The molecule has 0 saturated carbocycles. The lowest BCUT2D eigenvalue weighted by atomic mass is 10.0.